The highest BCUT2D eigenvalue weighted by molar-refractivity contribution is 5.90. The van der Waals surface area contributed by atoms with Gasteiger partial charge in [-0.3, -0.25) is 0 Å². The van der Waals surface area contributed by atoms with Crippen molar-refractivity contribution in [3.05, 3.63) is 72.8 Å². The SMILES string of the molecule is COc1ccccc1-c1cccc(-c2ccccc2)c1N. The van der Waals surface area contributed by atoms with Crippen LogP contribution in [-0.4, -0.2) is 7.11 Å². The van der Waals surface area contributed by atoms with Crippen LogP contribution in [0.3, 0.4) is 0 Å². The molecule has 21 heavy (non-hydrogen) atoms. The van der Waals surface area contributed by atoms with E-state index in [-0.39, 0.29) is 0 Å². The first-order valence-electron chi connectivity index (χ1n) is 6.88. The first-order chi connectivity index (χ1) is 10.3. The van der Waals surface area contributed by atoms with Gasteiger partial charge in [0.15, 0.2) is 0 Å². The van der Waals surface area contributed by atoms with Crippen molar-refractivity contribution in [1.82, 2.24) is 0 Å². The zero-order valence-corrected chi connectivity index (χ0v) is 11.9. The predicted octanol–water partition coefficient (Wildman–Crippen LogP) is 4.61. The van der Waals surface area contributed by atoms with Gasteiger partial charge < -0.3 is 10.5 Å². The zero-order valence-electron chi connectivity index (χ0n) is 11.9. The summed E-state index contributed by atoms with van der Waals surface area (Å²) in [7, 11) is 1.68. The molecular formula is C19H17NO. The molecule has 3 rings (SSSR count). The maximum atomic E-state index is 6.42. The number of hydrogen-bond acceptors (Lipinski definition) is 2. The van der Waals surface area contributed by atoms with E-state index in [4.69, 9.17) is 10.5 Å². The fourth-order valence-electron chi connectivity index (χ4n) is 2.54. The largest absolute Gasteiger partial charge is 0.496 e. The van der Waals surface area contributed by atoms with E-state index in [9.17, 15) is 0 Å². The van der Waals surface area contributed by atoms with Gasteiger partial charge in [-0.25, -0.2) is 0 Å². The molecule has 0 aromatic heterocycles. The summed E-state index contributed by atoms with van der Waals surface area (Å²) in [6.07, 6.45) is 0. The molecule has 0 aliphatic rings. The number of methoxy groups -OCH3 is 1. The molecule has 0 amide bonds. The second kappa shape index (κ2) is 5.71. The molecule has 0 fully saturated rings. The Morgan fingerprint density at radius 1 is 0.667 bits per heavy atom. The minimum absolute atomic E-state index is 0.771. The Morgan fingerprint density at radius 2 is 1.29 bits per heavy atom. The van der Waals surface area contributed by atoms with Crippen molar-refractivity contribution < 1.29 is 4.74 Å². The number of nitrogens with two attached hydrogens (primary N) is 1. The fraction of sp³-hybridized carbons (Fsp3) is 0.0526. The van der Waals surface area contributed by atoms with Crippen LogP contribution in [0.15, 0.2) is 72.8 Å². The van der Waals surface area contributed by atoms with E-state index < -0.39 is 0 Å². The third-order valence-electron chi connectivity index (χ3n) is 3.59. The summed E-state index contributed by atoms with van der Waals surface area (Å²) in [6, 6.07) is 24.2. The number of rotatable bonds is 3. The summed E-state index contributed by atoms with van der Waals surface area (Å²) >= 11 is 0. The molecule has 104 valence electrons. The van der Waals surface area contributed by atoms with Crippen molar-refractivity contribution >= 4 is 5.69 Å². The van der Waals surface area contributed by atoms with E-state index in [1.54, 1.807) is 7.11 Å². The van der Waals surface area contributed by atoms with Crippen molar-refractivity contribution in [3.8, 4) is 28.0 Å². The molecule has 0 unspecified atom stereocenters. The summed E-state index contributed by atoms with van der Waals surface area (Å²) in [5.74, 6) is 0.828. The molecule has 0 saturated heterocycles. The lowest BCUT2D eigenvalue weighted by Crippen LogP contribution is -1.95. The average molecular weight is 275 g/mol. The summed E-state index contributed by atoms with van der Waals surface area (Å²) in [5.41, 5.74) is 11.3. The molecule has 3 aromatic carbocycles. The number of nitrogen functional groups attached to an aromatic ring is 1. The van der Waals surface area contributed by atoms with Crippen molar-refractivity contribution in [2.75, 3.05) is 12.8 Å². The molecule has 0 aliphatic heterocycles. The number of anilines is 1. The van der Waals surface area contributed by atoms with Crippen LogP contribution in [0.5, 0.6) is 5.75 Å². The van der Waals surface area contributed by atoms with Crippen LogP contribution in [0, 0.1) is 0 Å². The number of benzene rings is 3. The maximum absolute atomic E-state index is 6.42. The lowest BCUT2D eigenvalue weighted by molar-refractivity contribution is 0.416. The van der Waals surface area contributed by atoms with E-state index in [1.165, 1.54) is 0 Å². The predicted molar refractivity (Wildman–Crippen MR) is 88.3 cm³/mol. The highest BCUT2D eigenvalue weighted by Gasteiger charge is 2.11. The Kier molecular flexibility index (Phi) is 3.61. The van der Waals surface area contributed by atoms with Crippen LogP contribution in [0.4, 0.5) is 5.69 Å². The second-order valence-corrected chi connectivity index (χ2v) is 4.83. The average Bonchev–Trinajstić information content (AvgIpc) is 2.56. The van der Waals surface area contributed by atoms with Crippen molar-refractivity contribution in [3.63, 3.8) is 0 Å². The van der Waals surface area contributed by atoms with Gasteiger partial charge >= 0.3 is 0 Å². The monoisotopic (exact) mass is 275 g/mol. The Bertz CT molecular complexity index is 751. The number of hydrogen-bond donors (Lipinski definition) is 1. The van der Waals surface area contributed by atoms with Gasteiger partial charge in [0.05, 0.1) is 7.11 Å². The number of para-hydroxylation sites is 2. The molecule has 2 N–H and O–H groups in total. The highest BCUT2D eigenvalue weighted by atomic mass is 16.5. The number of ether oxygens (including phenoxy) is 1. The minimum atomic E-state index is 0.771. The highest BCUT2D eigenvalue weighted by Crippen LogP contribution is 2.38. The third-order valence-corrected chi connectivity index (χ3v) is 3.59. The van der Waals surface area contributed by atoms with Gasteiger partial charge in [0, 0.05) is 22.4 Å². The van der Waals surface area contributed by atoms with Gasteiger partial charge in [-0.1, -0.05) is 66.7 Å². The molecule has 2 heteroatoms. The first kappa shape index (κ1) is 13.3. The Morgan fingerprint density at radius 3 is 2.05 bits per heavy atom. The summed E-state index contributed by atoms with van der Waals surface area (Å²) in [5, 5.41) is 0. The van der Waals surface area contributed by atoms with E-state index in [0.717, 1.165) is 33.7 Å². The molecule has 2 nitrogen and oxygen atoms in total. The Balaban J connectivity index is 2.18. The van der Waals surface area contributed by atoms with Gasteiger partial charge in [-0.15, -0.1) is 0 Å². The Labute approximate surface area is 124 Å². The lowest BCUT2D eigenvalue weighted by atomic mass is 9.96. The normalized spacial score (nSPS) is 10.3. The van der Waals surface area contributed by atoms with Crippen molar-refractivity contribution in [1.29, 1.82) is 0 Å². The van der Waals surface area contributed by atoms with Gasteiger partial charge in [0.1, 0.15) is 5.75 Å². The first-order valence-corrected chi connectivity index (χ1v) is 6.88. The maximum Gasteiger partial charge on any atom is 0.126 e. The second-order valence-electron chi connectivity index (χ2n) is 4.83. The molecule has 0 heterocycles. The van der Waals surface area contributed by atoms with Gasteiger partial charge in [0.2, 0.25) is 0 Å². The van der Waals surface area contributed by atoms with E-state index in [2.05, 4.69) is 12.1 Å². The topological polar surface area (TPSA) is 35.2 Å². The van der Waals surface area contributed by atoms with Crippen LogP contribution in [0.25, 0.3) is 22.3 Å². The van der Waals surface area contributed by atoms with E-state index in [1.807, 2.05) is 60.7 Å². The molecule has 3 aromatic rings. The molecule has 0 spiro atoms. The molecule has 0 aliphatic carbocycles. The molecule has 0 saturated carbocycles. The Hall–Kier alpha value is -2.74. The van der Waals surface area contributed by atoms with Crippen LogP contribution in [0.1, 0.15) is 0 Å². The molecule has 0 bridgehead atoms. The van der Waals surface area contributed by atoms with Crippen molar-refractivity contribution in [2.45, 2.75) is 0 Å². The lowest BCUT2D eigenvalue weighted by Gasteiger charge is -2.14. The van der Waals surface area contributed by atoms with Crippen LogP contribution in [0.2, 0.25) is 0 Å². The standard InChI is InChI=1S/C19H17NO/c1-21-18-13-6-5-10-16(18)17-12-7-11-15(19(17)20)14-8-3-2-4-9-14/h2-13H,20H2,1H3. The van der Waals surface area contributed by atoms with Crippen molar-refractivity contribution in [2.24, 2.45) is 0 Å². The molecule has 0 atom stereocenters. The van der Waals surface area contributed by atoms with Gasteiger partial charge in [0.25, 0.3) is 0 Å². The van der Waals surface area contributed by atoms with Gasteiger partial charge in [-0.2, -0.15) is 0 Å². The van der Waals surface area contributed by atoms with Crippen LogP contribution < -0.4 is 10.5 Å². The quantitative estimate of drug-likeness (QED) is 0.708. The smallest absolute Gasteiger partial charge is 0.126 e. The van der Waals surface area contributed by atoms with E-state index >= 15 is 0 Å². The molecule has 0 radical (unpaired) electrons. The third kappa shape index (κ3) is 2.48. The van der Waals surface area contributed by atoms with Crippen LogP contribution >= 0.6 is 0 Å². The fourth-order valence-corrected chi connectivity index (χ4v) is 2.54. The van der Waals surface area contributed by atoms with Gasteiger partial charge in [-0.05, 0) is 11.6 Å². The summed E-state index contributed by atoms with van der Waals surface area (Å²) in [6.45, 7) is 0. The van der Waals surface area contributed by atoms with Crippen LogP contribution in [-0.2, 0) is 0 Å². The summed E-state index contributed by atoms with van der Waals surface area (Å²) < 4.78 is 5.44. The minimum Gasteiger partial charge on any atom is -0.496 e. The summed E-state index contributed by atoms with van der Waals surface area (Å²) in [4.78, 5) is 0. The zero-order chi connectivity index (χ0) is 14.7. The molecular weight excluding hydrogens is 258 g/mol. The van der Waals surface area contributed by atoms with E-state index in [0.29, 0.717) is 0 Å².